The number of halogens is 1. The molecule has 0 fully saturated rings. The van der Waals surface area contributed by atoms with E-state index in [9.17, 15) is 19.5 Å². The molecule has 0 spiro atoms. The minimum Gasteiger partial charge on any atom is -0.494 e. The first-order valence-corrected chi connectivity index (χ1v) is 14.9. The summed E-state index contributed by atoms with van der Waals surface area (Å²) in [5.41, 5.74) is 3.85. The number of nitrogens with zero attached hydrogens (tertiary/aromatic N) is 1. The highest BCUT2D eigenvalue weighted by atomic mass is 35.5. The fraction of sp³-hybridized carbons (Fsp3) is 0.382. The van der Waals surface area contributed by atoms with Crippen LogP contribution in [0.1, 0.15) is 65.4 Å². The SMILES string of the molecule is Cc1cccc([C@H]2O[C@H](CC(=O)NCCCOc3ccc(C(=O)O)cc3)C(=O)N(CC(C)(C)CO)c3ccc(Cl)cc32)c1C. The second-order valence-corrected chi connectivity index (χ2v) is 12.3. The van der Waals surface area contributed by atoms with Crippen molar-refractivity contribution in [2.75, 3.05) is 31.2 Å². The number of fused-ring (bicyclic) bond motifs is 1. The highest BCUT2D eigenvalue weighted by Crippen LogP contribution is 2.42. The van der Waals surface area contributed by atoms with Gasteiger partial charge in [-0.1, -0.05) is 43.6 Å². The lowest BCUT2D eigenvalue weighted by molar-refractivity contribution is -0.138. The molecule has 0 saturated carbocycles. The molecular weight excluding hydrogens is 584 g/mol. The molecule has 1 aliphatic rings. The molecule has 3 N–H and O–H groups in total. The van der Waals surface area contributed by atoms with Crippen molar-refractivity contribution in [1.29, 1.82) is 0 Å². The fourth-order valence-electron chi connectivity index (χ4n) is 5.07. The summed E-state index contributed by atoms with van der Waals surface area (Å²) in [4.78, 5) is 39.8. The Balaban J connectivity index is 1.52. The van der Waals surface area contributed by atoms with Crippen molar-refractivity contribution >= 4 is 35.1 Å². The third kappa shape index (κ3) is 7.96. The topological polar surface area (TPSA) is 125 Å². The monoisotopic (exact) mass is 622 g/mol. The summed E-state index contributed by atoms with van der Waals surface area (Å²) in [6, 6.07) is 17.3. The first-order valence-electron chi connectivity index (χ1n) is 14.6. The van der Waals surface area contributed by atoms with Crippen LogP contribution in [0.25, 0.3) is 0 Å². The molecule has 0 aliphatic carbocycles. The molecule has 0 aromatic heterocycles. The molecule has 0 unspecified atom stereocenters. The van der Waals surface area contributed by atoms with E-state index in [0.717, 1.165) is 16.7 Å². The quantitative estimate of drug-likeness (QED) is 0.229. The Morgan fingerprint density at radius 3 is 2.48 bits per heavy atom. The number of carbonyl (C=O) groups excluding carboxylic acids is 2. The summed E-state index contributed by atoms with van der Waals surface area (Å²) in [5, 5.41) is 22.4. The smallest absolute Gasteiger partial charge is 0.335 e. The highest BCUT2D eigenvalue weighted by Gasteiger charge is 2.40. The molecule has 1 aliphatic heterocycles. The maximum atomic E-state index is 14.1. The third-order valence-electron chi connectivity index (χ3n) is 7.73. The van der Waals surface area contributed by atoms with E-state index in [1.807, 2.05) is 45.9 Å². The van der Waals surface area contributed by atoms with Crippen LogP contribution in [0, 0.1) is 19.3 Å². The number of nitrogens with one attached hydrogen (secondary N) is 1. The summed E-state index contributed by atoms with van der Waals surface area (Å²) in [7, 11) is 0. The summed E-state index contributed by atoms with van der Waals surface area (Å²) < 4.78 is 12.2. The number of carboxylic acid groups (broad SMARTS) is 1. The number of ether oxygens (including phenoxy) is 2. The van der Waals surface area contributed by atoms with Crippen molar-refractivity contribution in [2.45, 2.75) is 52.7 Å². The zero-order chi connectivity index (χ0) is 32.0. The van der Waals surface area contributed by atoms with E-state index < -0.39 is 23.6 Å². The minimum atomic E-state index is -1.09. The van der Waals surface area contributed by atoms with E-state index in [2.05, 4.69) is 5.32 Å². The normalized spacial score (nSPS) is 16.7. The molecule has 0 bridgehead atoms. The Kier molecular flexibility index (Phi) is 10.7. The lowest BCUT2D eigenvalue weighted by Gasteiger charge is -2.32. The molecule has 9 nitrogen and oxygen atoms in total. The maximum Gasteiger partial charge on any atom is 0.335 e. The maximum absolute atomic E-state index is 14.1. The number of benzene rings is 3. The Morgan fingerprint density at radius 1 is 1.07 bits per heavy atom. The number of aromatic carboxylic acids is 1. The van der Waals surface area contributed by atoms with Gasteiger partial charge in [0.05, 0.1) is 18.6 Å². The van der Waals surface area contributed by atoms with E-state index in [1.165, 1.54) is 12.1 Å². The first kappa shape index (κ1) is 33.0. The Bertz CT molecular complexity index is 1510. The van der Waals surface area contributed by atoms with Crippen LogP contribution in [0.4, 0.5) is 5.69 Å². The Hall–Kier alpha value is -3.92. The predicted octanol–water partition coefficient (Wildman–Crippen LogP) is 5.47. The molecule has 44 heavy (non-hydrogen) atoms. The van der Waals surface area contributed by atoms with Gasteiger partial charge in [0, 0.05) is 41.4 Å². The van der Waals surface area contributed by atoms with Crippen molar-refractivity contribution in [3.8, 4) is 5.75 Å². The van der Waals surface area contributed by atoms with Gasteiger partial charge in [0.25, 0.3) is 5.91 Å². The molecule has 0 radical (unpaired) electrons. The summed E-state index contributed by atoms with van der Waals surface area (Å²) in [6.07, 6.45) is -1.45. The Morgan fingerprint density at radius 2 is 1.80 bits per heavy atom. The van der Waals surface area contributed by atoms with Crippen LogP contribution in [0.3, 0.4) is 0 Å². The number of carbonyl (C=O) groups is 3. The highest BCUT2D eigenvalue weighted by molar-refractivity contribution is 6.30. The second-order valence-electron chi connectivity index (χ2n) is 11.8. The molecule has 0 saturated heterocycles. The number of rotatable bonds is 12. The van der Waals surface area contributed by atoms with Crippen molar-refractivity contribution < 1.29 is 34.1 Å². The van der Waals surface area contributed by atoms with Crippen molar-refractivity contribution in [3.63, 3.8) is 0 Å². The molecule has 4 rings (SSSR count). The van der Waals surface area contributed by atoms with E-state index in [0.29, 0.717) is 41.6 Å². The molecule has 1 heterocycles. The predicted molar refractivity (Wildman–Crippen MR) is 168 cm³/mol. The van der Waals surface area contributed by atoms with E-state index in [4.69, 9.17) is 26.2 Å². The standard InChI is InChI=1S/C34H39ClN2O7/c1-21-7-5-8-26(22(21)2)31-27-17-24(35)11-14-28(27)37(19-34(3,4)20-38)32(40)29(44-31)18-30(39)36-15-6-16-43-25-12-9-23(10-13-25)33(41)42/h5,7-14,17,29,31,38H,6,15-16,18-20H2,1-4H3,(H,36,39)(H,41,42)/t29-,31-/m1/s1. The average Bonchev–Trinajstić information content (AvgIpc) is 3.09. The number of aliphatic hydroxyl groups is 1. The molecule has 3 aromatic rings. The average molecular weight is 623 g/mol. The van der Waals surface area contributed by atoms with E-state index in [1.54, 1.807) is 35.2 Å². The van der Waals surface area contributed by atoms with Gasteiger partial charge in [-0.3, -0.25) is 9.59 Å². The van der Waals surface area contributed by atoms with Crippen LogP contribution < -0.4 is 15.0 Å². The number of anilines is 1. The van der Waals surface area contributed by atoms with Gasteiger partial charge in [-0.05, 0) is 79.4 Å². The van der Waals surface area contributed by atoms with Gasteiger partial charge in [0.1, 0.15) is 18.0 Å². The van der Waals surface area contributed by atoms with Crippen molar-refractivity contribution in [2.24, 2.45) is 5.41 Å². The number of hydrogen-bond donors (Lipinski definition) is 3. The van der Waals surface area contributed by atoms with Gasteiger partial charge in [0.15, 0.2) is 0 Å². The summed E-state index contributed by atoms with van der Waals surface area (Å²) >= 11 is 6.46. The second kappa shape index (κ2) is 14.2. The number of aryl methyl sites for hydroxylation is 1. The van der Waals surface area contributed by atoms with Crippen LogP contribution >= 0.6 is 11.6 Å². The lowest BCUT2D eigenvalue weighted by atomic mass is 9.91. The number of carboxylic acids is 1. The van der Waals surface area contributed by atoms with Crippen molar-refractivity contribution in [3.05, 3.63) is 93.5 Å². The first-order chi connectivity index (χ1) is 20.9. The van der Waals surface area contributed by atoms with Gasteiger partial charge in [-0.25, -0.2) is 4.79 Å². The van der Waals surface area contributed by atoms with Gasteiger partial charge in [-0.15, -0.1) is 0 Å². The molecular formula is C34H39ClN2O7. The van der Waals surface area contributed by atoms with Crippen molar-refractivity contribution in [1.82, 2.24) is 5.32 Å². The number of hydrogen-bond acceptors (Lipinski definition) is 6. The van der Waals surface area contributed by atoms with Crippen LogP contribution in [0.2, 0.25) is 5.02 Å². The van der Waals surface area contributed by atoms with E-state index in [-0.39, 0.29) is 37.0 Å². The third-order valence-corrected chi connectivity index (χ3v) is 7.97. The van der Waals surface area contributed by atoms with Gasteiger partial charge < -0.3 is 29.9 Å². The number of amides is 2. The van der Waals surface area contributed by atoms with Crippen LogP contribution in [0.15, 0.2) is 60.7 Å². The lowest BCUT2D eigenvalue weighted by Crippen LogP contribution is -2.46. The zero-order valence-corrected chi connectivity index (χ0v) is 26.2. The summed E-state index contributed by atoms with van der Waals surface area (Å²) in [6.45, 7) is 8.44. The van der Waals surface area contributed by atoms with E-state index >= 15 is 0 Å². The van der Waals surface area contributed by atoms with Crippen LogP contribution in [-0.2, 0) is 14.3 Å². The Labute approximate surface area is 262 Å². The molecule has 10 heteroatoms. The minimum absolute atomic E-state index is 0.141. The number of aliphatic hydroxyl groups excluding tert-OH is 1. The van der Waals surface area contributed by atoms with Gasteiger partial charge in [0.2, 0.25) is 5.91 Å². The summed E-state index contributed by atoms with van der Waals surface area (Å²) in [5.74, 6) is -1.20. The molecule has 2 amide bonds. The molecule has 2 atom stereocenters. The van der Waals surface area contributed by atoms with Gasteiger partial charge >= 0.3 is 5.97 Å². The van der Waals surface area contributed by atoms with Gasteiger partial charge in [-0.2, -0.15) is 0 Å². The molecule has 234 valence electrons. The van der Waals surface area contributed by atoms with Crippen LogP contribution in [0.5, 0.6) is 5.75 Å². The molecule has 3 aromatic carbocycles. The fourth-order valence-corrected chi connectivity index (χ4v) is 5.25. The van der Waals surface area contributed by atoms with Crippen LogP contribution in [-0.4, -0.2) is 60.4 Å². The largest absolute Gasteiger partial charge is 0.494 e. The zero-order valence-electron chi connectivity index (χ0n) is 25.4.